The van der Waals surface area contributed by atoms with Crippen LogP contribution in [-0.2, 0) is 6.54 Å². The van der Waals surface area contributed by atoms with Gasteiger partial charge in [0, 0.05) is 24.5 Å². The normalized spacial score (nSPS) is 15.6. The van der Waals surface area contributed by atoms with Crippen LogP contribution in [0.25, 0.3) is 0 Å². The Morgan fingerprint density at radius 2 is 2.07 bits per heavy atom. The molecule has 1 aromatic carbocycles. The van der Waals surface area contributed by atoms with Gasteiger partial charge in [-0.05, 0) is 50.9 Å². The molecule has 0 bridgehead atoms. The molecule has 0 radical (unpaired) electrons. The minimum atomic E-state index is 0. The van der Waals surface area contributed by atoms with Crippen LogP contribution in [0, 0.1) is 12.8 Å². The van der Waals surface area contributed by atoms with E-state index in [2.05, 4.69) is 32.5 Å². The predicted octanol–water partition coefficient (Wildman–Crippen LogP) is 3.73. The zero-order valence-corrected chi connectivity index (χ0v) is 20.3. The van der Waals surface area contributed by atoms with E-state index in [0.29, 0.717) is 17.6 Å². The Kier molecular flexibility index (Phi) is 9.44. The Balaban J connectivity index is 0.00000300. The third-order valence-electron chi connectivity index (χ3n) is 4.95. The van der Waals surface area contributed by atoms with Gasteiger partial charge in [-0.15, -0.1) is 35.3 Å². The molecular weight excluding hydrogens is 501 g/mol. The lowest BCUT2D eigenvalue weighted by molar-refractivity contribution is 0.179. The molecule has 7 nitrogen and oxygen atoms in total. The van der Waals surface area contributed by atoms with Crippen LogP contribution in [0.3, 0.4) is 0 Å². The summed E-state index contributed by atoms with van der Waals surface area (Å²) >= 11 is 1.72. The summed E-state index contributed by atoms with van der Waals surface area (Å²) < 4.78 is 10.6. The summed E-state index contributed by atoms with van der Waals surface area (Å²) in [5.41, 5.74) is 8.02. The van der Waals surface area contributed by atoms with E-state index in [0.717, 1.165) is 55.5 Å². The first-order valence-electron chi connectivity index (χ1n) is 9.49. The van der Waals surface area contributed by atoms with Gasteiger partial charge in [0.1, 0.15) is 11.5 Å². The predicted molar refractivity (Wildman–Crippen MR) is 130 cm³/mol. The maximum absolute atomic E-state index is 6.09. The third-order valence-corrected chi connectivity index (χ3v) is 5.77. The Hall–Kier alpha value is -1.59. The Morgan fingerprint density at radius 1 is 1.31 bits per heavy atom. The van der Waals surface area contributed by atoms with E-state index in [1.807, 2.05) is 18.2 Å². The van der Waals surface area contributed by atoms with Crippen LogP contribution >= 0.6 is 35.3 Å². The molecule has 0 unspecified atom stereocenters. The number of guanidine groups is 1. The van der Waals surface area contributed by atoms with E-state index < -0.39 is 0 Å². The van der Waals surface area contributed by atoms with Crippen LogP contribution in [0.15, 0.2) is 28.6 Å². The molecule has 9 heteroatoms. The molecule has 2 aromatic rings. The number of rotatable bonds is 7. The Bertz CT molecular complexity index is 806. The second kappa shape index (κ2) is 11.6. The highest BCUT2D eigenvalue weighted by Gasteiger charge is 2.19. The summed E-state index contributed by atoms with van der Waals surface area (Å²) in [6.07, 6.45) is 2.25. The first-order chi connectivity index (χ1) is 13.6. The molecule has 1 fully saturated rings. The van der Waals surface area contributed by atoms with Crippen molar-refractivity contribution in [2.24, 2.45) is 16.6 Å². The highest BCUT2D eigenvalue weighted by Crippen LogP contribution is 2.28. The molecule has 0 atom stereocenters. The number of hydrogen-bond acceptors (Lipinski definition) is 6. The van der Waals surface area contributed by atoms with E-state index in [9.17, 15) is 0 Å². The van der Waals surface area contributed by atoms with Gasteiger partial charge in [-0.1, -0.05) is 0 Å². The molecule has 0 aliphatic carbocycles. The zero-order chi connectivity index (χ0) is 19.9. The minimum absolute atomic E-state index is 0. The van der Waals surface area contributed by atoms with E-state index >= 15 is 0 Å². The van der Waals surface area contributed by atoms with E-state index in [1.54, 1.807) is 25.6 Å². The molecule has 1 aliphatic rings. The van der Waals surface area contributed by atoms with Crippen LogP contribution in [0.1, 0.15) is 23.5 Å². The van der Waals surface area contributed by atoms with E-state index in [-0.39, 0.29) is 24.0 Å². The Morgan fingerprint density at radius 3 is 2.69 bits per heavy atom. The van der Waals surface area contributed by atoms with Crippen molar-refractivity contribution in [3.8, 4) is 11.5 Å². The number of piperidine rings is 1. The molecular formula is C20H30IN5O2S. The molecule has 1 saturated heterocycles. The number of anilines is 1. The minimum Gasteiger partial charge on any atom is -0.497 e. The molecule has 3 rings (SSSR count). The monoisotopic (exact) mass is 531 g/mol. The molecule has 0 saturated carbocycles. The summed E-state index contributed by atoms with van der Waals surface area (Å²) in [6.45, 7) is 5.88. The maximum Gasteiger partial charge on any atom is 0.193 e. The Labute approximate surface area is 193 Å². The number of nitrogens with zero attached hydrogens (tertiary/aromatic N) is 3. The van der Waals surface area contributed by atoms with E-state index in [1.165, 1.54) is 5.69 Å². The second-order valence-electron chi connectivity index (χ2n) is 6.99. The maximum atomic E-state index is 6.09. The van der Waals surface area contributed by atoms with Crippen molar-refractivity contribution >= 4 is 47.0 Å². The number of methoxy groups -OCH3 is 2. The largest absolute Gasteiger partial charge is 0.497 e. The van der Waals surface area contributed by atoms with Crippen molar-refractivity contribution in [3.05, 3.63) is 34.3 Å². The molecule has 1 aromatic heterocycles. The highest BCUT2D eigenvalue weighted by atomic mass is 127. The van der Waals surface area contributed by atoms with Gasteiger partial charge in [-0.25, -0.2) is 4.98 Å². The summed E-state index contributed by atoms with van der Waals surface area (Å²) in [5, 5.41) is 6.42. The number of halogens is 1. The molecule has 29 heavy (non-hydrogen) atoms. The molecule has 0 amide bonds. The summed E-state index contributed by atoms with van der Waals surface area (Å²) in [4.78, 5) is 11.6. The fourth-order valence-corrected chi connectivity index (χ4v) is 3.96. The van der Waals surface area contributed by atoms with Crippen LogP contribution < -0.4 is 20.5 Å². The number of benzene rings is 1. The number of nitrogens with two attached hydrogens (primary N) is 1. The number of aliphatic imine (C=N–C) groups is 1. The van der Waals surface area contributed by atoms with Gasteiger partial charge in [0.05, 0.1) is 30.6 Å². The lowest BCUT2D eigenvalue weighted by Crippen LogP contribution is -2.34. The number of hydrogen-bond donors (Lipinski definition) is 2. The van der Waals surface area contributed by atoms with Gasteiger partial charge in [-0.2, -0.15) is 0 Å². The quantitative estimate of drug-likeness (QED) is 0.322. The van der Waals surface area contributed by atoms with Crippen molar-refractivity contribution in [1.29, 1.82) is 0 Å². The summed E-state index contributed by atoms with van der Waals surface area (Å²) in [6, 6.07) is 5.53. The molecule has 1 aliphatic heterocycles. The lowest BCUT2D eigenvalue weighted by atomic mass is 9.97. The number of thiazole rings is 1. The lowest BCUT2D eigenvalue weighted by Gasteiger charge is -2.30. The van der Waals surface area contributed by atoms with Crippen molar-refractivity contribution in [3.63, 3.8) is 0 Å². The van der Waals surface area contributed by atoms with Crippen LogP contribution in [0.2, 0.25) is 0 Å². The van der Waals surface area contributed by atoms with Gasteiger partial charge >= 0.3 is 0 Å². The van der Waals surface area contributed by atoms with Crippen LogP contribution in [0.4, 0.5) is 5.69 Å². The number of ether oxygens (including phenoxy) is 2. The number of aromatic nitrogens is 1. The number of likely N-dealkylation sites (tertiary alicyclic amines) is 1. The number of nitrogens with one attached hydrogen (secondary N) is 1. The SMILES string of the molecule is COc1ccc(OC)c(NC(N)=NCC2CCN(Cc3csc(C)n3)CC2)c1.I. The highest BCUT2D eigenvalue weighted by molar-refractivity contribution is 14.0. The molecule has 160 valence electrons. The van der Waals surface area contributed by atoms with Crippen LogP contribution in [-0.4, -0.2) is 49.7 Å². The van der Waals surface area contributed by atoms with Crippen LogP contribution in [0.5, 0.6) is 11.5 Å². The molecule has 3 N–H and O–H groups in total. The zero-order valence-electron chi connectivity index (χ0n) is 17.2. The molecule has 2 heterocycles. The van der Waals surface area contributed by atoms with Gasteiger partial charge in [0.25, 0.3) is 0 Å². The fraction of sp³-hybridized carbons (Fsp3) is 0.500. The van der Waals surface area contributed by atoms with E-state index in [4.69, 9.17) is 15.2 Å². The first-order valence-corrected chi connectivity index (χ1v) is 10.4. The summed E-state index contributed by atoms with van der Waals surface area (Å²) in [5.74, 6) is 2.39. The van der Waals surface area contributed by atoms with Crippen molar-refractivity contribution in [2.45, 2.75) is 26.3 Å². The average molecular weight is 531 g/mol. The van der Waals surface area contributed by atoms with Crippen molar-refractivity contribution in [2.75, 3.05) is 39.2 Å². The second-order valence-corrected chi connectivity index (χ2v) is 8.06. The molecule has 0 spiro atoms. The van der Waals surface area contributed by atoms with Gasteiger partial charge in [0.15, 0.2) is 5.96 Å². The van der Waals surface area contributed by atoms with Gasteiger partial charge in [-0.3, -0.25) is 9.89 Å². The van der Waals surface area contributed by atoms with Crippen molar-refractivity contribution < 1.29 is 9.47 Å². The smallest absolute Gasteiger partial charge is 0.193 e. The van der Waals surface area contributed by atoms with Gasteiger partial charge in [0.2, 0.25) is 0 Å². The first kappa shape index (κ1) is 23.7. The summed E-state index contributed by atoms with van der Waals surface area (Å²) in [7, 11) is 3.26. The fourth-order valence-electron chi connectivity index (χ4n) is 3.35. The topological polar surface area (TPSA) is 85.0 Å². The van der Waals surface area contributed by atoms with Gasteiger partial charge < -0.3 is 20.5 Å². The average Bonchev–Trinajstić information content (AvgIpc) is 3.12. The number of aryl methyl sites for hydroxylation is 1. The third kappa shape index (κ3) is 7.00. The van der Waals surface area contributed by atoms with Crippen molar-refractivity contribution in [1.82, 2.24) is 9.88 Å². The standard InChI is InChI=1S/C20H29N5O2S.HI/c1-14-23-16(13-28-14)12-25-8-6-15(7-9-25)11-22-20(21)24-18-10-17(26-2)4-5-19(18)27-3;/h4-5,10,13,15H,6-9,11-12H2,1-3H3,(H3,21,22,24);1H.